The van der Waals surface area contributed by atoms with E-state index in [0.29, 0.717) is 12.5 Å². The van der Waals surface area contributed by atoms with Gasteiger partial charge in [0.1, 0.15) is 4.60 Å². The molecule has 2 aromatic heterocycles. The molecule has 2 N–H and O–H groups in total. The van der Waals surface area contributed by atoms with Crippen LogP contribution in [-0.4, -0.2) is 33.4 Å². The summed E-state index contributed by atoms with van der Waals surface area (Å²) in [5.41, 5.74) is 1.78. The van der Waals surface area contributed by atoms with Gasteiger partial charge in [-0.05, 0) is 28.3 Å². The van der Waals surface area contributed by atoms with Crippen LogP contribution in [0.1, 0.15) is 26.0 Å². The van der Waals surface area contributed by atoms with Crippen molar-refractivity contribution in [1.29, 1.82) is 0 Å². The van der Waals surface area contributed by atoms with Gasteiger partial charge >= 0.3 is 0 Å². The standard InChI is InChI=1S/C14H20BrN5O/c1-9(2)4-11(14(21)16-3)17-5-10-6-19-13-7-18-12(15)8-20(10)13/h6-9,11,17H,4-5H2,1-3H3,(H,16,21). The number of hydrogen-bond acceptors (Lipinski definition) is 4. The van der Waals surface area contributed by atoms with Crippen molar-refractivity contribution in [3.63, 3.8) is 0 Å². The monoisotopic (exact) mass is 353 g/mol. The summed E-state index contributed by atoms with van der Waals surface area (Å²) in [5, 5.41) is 6.01. The zero-order chi connectivity index (χ0) is 15.4. The molecule has 0 aliphatic carbocycles. The third kappa shape index (κ3) is 4.01. The molecule has 6 nitrogen and oxygen atoms in total. The molecule has 2 aromatic rings. The van der Waals surface area contributed by atoms with E-state index in [4.69, 9.17) is 0 Å². The van der Waals surface area contributed by atoms with E-state index >= 15 is 0 Å². The highest BCUT2D eigenvalue weighted by molar-refractivity contribution is 9.10. The average Bonchev–Trinajstić information content (AvgIpc) is 2.84. The summed E-state index contributed by atoms with van der Waals surface area (Å²) in [6.07, 6.45) is 6.17. The zero-order valence-corrected chi connectivity index (χ0v) is 14.0. The topological polar surface area (TPSA) is 71.3 Å². The first-order chi connectivity index (χ1) is 10.0. The number of halogens is 1. The summed E-state index contributed by atoms with van der Waals surface area (Å²) in [5.74, 6) is 0.459. The highest BCUT2D eigenvalue weighted by Crippen LogP contribution is 2.11. The van der Waals surface area contributed by atoms with E-state index < -0.39 is 0 Å². The van der Waals surface area contributed by atoms with Gasteiger partial charge in [0.05, 0.1) is 24.1 Å². The number of nitrogens with zero attached hydrogens (tertiary/aromatic N) is 3. The van der Waals surface area contributed by atoms with Gasteiger partial charge < -0.3 is 10.6 Å². The lowest BCUT2D eigenvalue weighted by atomic mass is 10.0. The lowest BCUT2D eigenvalue weighted by Crippen LogP contribution is -2.43. The van der Waals surface area contributed by atoms with Gasteiger partial charge in [-0.3, -0.25) is 9.20 Å². The maximum absolute atomic E-state index is 11.9. The van der Waals surface area contributed by atoms with Crippen molar-refractivity contribution in [2.45, 2.75) is 32.9 Å². The van der Waals surface area contributed by atoms with Crippen LogP contribution >= 0.6 is 15.9 Å². The number of likely N-dealkylation sites (N-methyl/N-ethyl adjacent to an activating group) is 1. The molecular weight excluding hydrogens is 334 g/mol. The van der Waals surface area contributed by atoms with Crippen LogP contribution in [0.4, 0.5) is 0 Å². The number of carbonyl (C=O) groups excluding carboxylic acids is 1. The van der Waals surface area contributed by atoms with E-state index in [9.17, 15) is 4.79 Å². The molecule has 0 aliphatic rings. The van der Waals surface area contributed by atoms with E-state index in [-0.39, 0.29) is 11.9 Å². The maximum atomic E-state index is 11.9. The third-order valence-electron chi connectivity index (χ3n) is 3.24. The molecule has 1 atom stereocenters. The summed E-state index contributed by atoms with van der Waals surface area (Å²) in [6, 6.07) is -0.203. The molecule has 0 saturated carbocycles. The Labute approximate surface area is 132 Å². The second kappa shape index (κ2) is 7.00. The molecule has 7 heteroatoms. The number of hydrogen-bond donors (Lipinski definition) is 2. The number of fused-ring (bicyclic) bond motifs is 1. The Balaban J connectivity index is 2.11. The van der Waals surface area contributed by atoms with Crippen LogP contribution in [0.15, 0.2) is 23.2 Å². The van der Waals surface area contributed by atoms with E-state index in [1.165, 1.54) is 0 Å². The summed E-state index contributed by atoms with van der Waals surface area (Å²) in [4.78, 5) is 20.4. The van der Waals surface area contributed by atoms with Crippen molar-refractivity contribution in [2.75, 3.05) is 7.05 Å². The van der Waals surface area contributed by atoms with E-state index in [1.807, 2.05) is 10.6 Å². The Hall–Kier alpha value is -1.47. The number of nitrogens with one attached hydrogen (secondary N) is 2. The van der Waals surface area contributed by atoms with Crippen molar-refractivity contribution in [2.24, 2.45) is 5.92 Å². The minimum absolute atomic E-state index is 0.0142. The Morgan fingerprint density at radius 2 is 2.14 bits per heavy atom. The first-order valence-corrected chi connectivity index (χ1v) is 7.73. The number of imidazole rings is 1. The van der Waals surface area contributed by atoms with Crippen molar-refractivity contribution >= 4 is 27.5 Å². The second-order valence-corrected chi connectivity index (χ2v) is 6.18. The summed E-state index contributed by atoms with van der Waals surface area (Å²) in [6.45, 7) is 4.78. The van der Waals surface area contributed by atoms with Gasteiger partial charge in [0, 0.05) is 19.8 Å². The molecule has 114 valence electrons. The number of amides is 1. The largest absolute Gasteiger partial charge is 0.358 e. The van der Waals surface area contributed by atoms with Gasteiger partial charge in [-0.15, -0.1) is 0 Å². The Morgan fingerprint density at radius 3 is 2.81 bits per heavy atom. The van der Waals surface area contributed by atoms with Crippen molar-refractivity contribution < 1.29 is 4.79 Å². The maximum Gasteiger partial charge on any atom is 0.236 e. The molecule has 0 radical (unpaired) electrons. The molecule has 1 amide bonds. The lowest BCUT2D eigenvalue weighted by molar-refractivity contribution is -0.123. The predicted molar refractivity (Wildman–Crippen MR) is 84.8 cm³/mol. The first kappa shape index (κ1) is 15.9. The van der Waals surface area contributed by atoms with Crippen LogP contribution in [0.2, 0.25) is 0 Å². The van der Waals surface area contributed by atoms with Crippen LogP contribution in [0, 0.1) is 5.92 Å². The Bertz CT molecular complexity index is 625. The highest BCUT2D eigenvalue weighted by atomic mass is 79.9. The zero-order valence-electron chi connectivity index (χ0n) is 12.4. The Morgan fingerprint density at radius 1 is 1.38 bits per heavy atom. The fourth-order valence-electron chi connectivity index (χ4n) is 2.20. The minimum Gasteiger partial charge on any atom is -0.358 e. The van der Waals surface area contributed by atoms with Gasteiger partial charge in [0.2, 0.25) is 5.91 Å². The molecule has 1 unspecified atom stereocenters. The molecule has 2 rings (SSSR count). The van der Waals surface area contributed by atoms with Crippen LogP contribution in [0.5, 0.6) is 0 Å². The molecule has 0 bridgehead atoms. The van der Waals surface area contributed by atoms with E-state index in [0.717, 1.165) is 22.4 Å². The number of rotatable bonds is 6. The van der Waals surface area contributed by atoms with Crippen LogP contribution < -0.4 is 10.6 Å². The average molecular weight is 354 g/mol. The third-order valence-corrected chi connectivity index (χ3v) is 3.65. The molecule has 0 aromatic carbocycles. The smallest absolute Gasteiger partial charge is 0.236 e. The number of aromatic nitrogens is 3. The lowest BCUT2D eigenvalue weighted by Gasteiger charge is -2.19. The molecule has 0 spiro atoms. The normalized spacial score (nSPS) is 12.8. The molecule has 21 heavy (non-hydrogen) atoms. The van der Waals surface area contributed by atoms with Gasteiger partial charge in [-0.2, -0.15) is 0 Å². The van der Waals surface area contributed by atoms with Gasteiger partial charge in [-0.25, -0.2) is 9.97 Å². The number of carbonyl (C=O) groups is 1. The SMILES string of the molecule is CNC(=O)C(CC(C)C)NCc1cnc2cnc(Br)cn12. The molecule has 2 heterocycles. The Kier molecular flexibility index (Phi) is 5.30. The quantitative estimate of drug-likeness (QED) is 0.829. The van der Waals surface area contributed by atoms with Crippen LogP contribution in [0.3, 0.4) is 0 Å². The van der Waals surface area contributed by atoms with Gasteiger partial charge in [0.25, 0.3) is 0 Å². The summed E-state index contributed by atoms with van der Waals surface area (Å²) < 4.78 is 2.71. The van der Waals surface area contributed by atoms with Crippen LogP contribution in [0.25, 0.3) is 5.65 Å². The highest BCUT2D eigenvalue weighted by Gasteiger charge is 2.18. The fourth-order valence-corrected chi connectivity index (χ4v) is 2.51. The van der Waals surface area contributed by atoms with E-state index in [1.54, 1.807) is 19.4 Å². The van der Waals surface area contributed by atoms with Crippen molar-refractivity contribution in [3.8, 4) is 0 Å². The summed E-state index contributed by atoms with van der Waals surface area (Å²) >= 11 is 3.35. The second-order valence-electron chi connectivity index (χ2n) is 5.37. The minimum atomic E-state index is -0.203. The summed E-state index contributed by atoms with van der Waals surface area (Å²) in [7, 11) is 1.66. The van der Waals surface area contributed by atoms with Crippen molar-refractivity contribution in [1.82, 2.24) is 25.0 Å². The van der Waals surface area contributed by atoms with Crippen LogP contribution in [-0.2, 0) is 11.3 Å². The first-order valence-electron chi connectivity index (χ1n) is 6.93. The molecule has 0 fully saturated rings. The van der Waals surface area contributed by atoms with Gasteiger partial charge in [-0.1, -0.05) is 13.8 Å². The molecule has 0 saturated heterocycles. The van der Waals surface area contributed by atoms with Gasteiger partial charge in [0.15, 0.2) is 5.65 Å². The van der Waals surface area contributed by atoms with Crippen molar-refractivity contribution in [3.05, 3.63) is 28.9 Å². The molecule has 0 aliphatic heterocycles. The molecular formula is C14H20BrN5O. The predicted octanol–water partition coefficient (Wildman–Crippen LogP) is 1.74. The fraction of sp³-hybridized carbons (Fsp3) is 0.500. The van der Waals surface area contributed by atoms with E-state index in [2.05, 4.69) is 50.4 Å².